The van der Waals surface area contributed by atoms with Crippen LogP contribution >= 0.6 is 0 Å². The number of carbonyl (C=O) groups is 2. The summed E-state index contributed by atoms with van der Waals surface area (Å²) < 4.78 is 0. The lowest BCUT2D eigenvalue weighted by Gasteiger charge is -2.20. The van der Waals surface area contributed by atoms with E-state index >= 15 is 0 Å². The van der Waals surface area contributed by atoms with E-state index in [9.17, 15) is 14.7 Å². The van der Waals surface area contributed by atoms with E-state index in [-0.39, 0.29) is 18.9 Å². The number of hydrogen-bond acceptors (Lipinski definition) is 3. The minimum absolute atomic E-state index is 0.0374. The largest absolute Gasteiger partial charge is 0.550 e. The van der Waals surface area contributed by atoms with Crippen molar-refractivity contribution in [3.8, 4) is 0 Å². The monoisotopic (exact) mass is 232 g/mol. The Bertz CT molecular complexity index is 482. The Morgan fingerprint density at radius 3 is 2.71 bits per heavy atom. The molecule has 0 spiro atoms. The van der Waals surface area contributed by atoms with Crippen molar-refractivity contribution in [3.05, 3.63) is 29.3 Å². The minimum Gasteiger partial charge on any atom is -0.550 e. The summed E-state index contributed by atoms with van der Waals surface area (Å²) in [6.45, 7) is 4.07. The summed E-state index contributed by atoms with van der Waals surface area (Å²) >= 11 is 0. The number of hydrogen-bond donors (Lipinski definition) is 0. The van der Waals surface area contributed by atoms with Gasteiger partial charge in [0.25, 0.3) is 0 Å². The summed E-state index contributed by atoms with van der Waals surface area (Å²) in [7, 11) is 0. The van der Waals surface area contributed by atoms with Crippen molar-refractivity contribution in [1.82, 2.24) is 0 Å². The molecule has 17 heavy (non-hydrogen) atoms. The van der Waals surface area contributed by atoms with Crippen molar-refractivity contribution in [2.45, 2.75) is 20.3 Å². The first-order valence-electron chi connectivity index (χ1n) is 5.57. The van der Waals surface area contributed by atoms with Crippen LogP contribution < -0.4 is 10.0 Å². The predicted molar refractivity (Wildman–Crippen MR) is 61.4 cm³/mol. The molecule has 1 heterocycles. The van der Waals surface area contributed by atoms with Crippen LogP contribution in [0.25, 0.3) is 0 Å². The van der Waals surface area contributed by atoms with Crippen molar-refractivity contribution < 1.29 is 14.7 Å². The molecular weight excluding hydrogens is 218 g/mol. The molecule has 4 heteroatoms. The lowest BCUT2D eigenvalue weighted by Crippen LogP contribution is -2.33. The second-order valence-electron chi connectivity index (χ2n) is 4.51. The van der Waals surface area contributed by atoms with Gasteiger partial charge in [-0.05, 0) is 31.0 Å². The first-order valence-corrected chi connectivity index (χ1v) is 5.57. The Labute approximate surface area is 99.9 Å². The second kappa shape index (κ2) is 4.20. The van der Waals surface area contributed by atoms with Crippen LogP contribution in [-0.2, 0) is 9.59 Å². The average molecular weight is 232 g/mol. The van der Waals surface area contributed by atoms with Crippen LogP contribution in [0.5, 0.6) is 0 Å². The van der Waals surface area contributed by atoms with Gasteiger partial charge in [-0.3, -0.25) is 4.79 Å². The van der Waals surface area contributed by atoms with E-state index in [4.69, 9.17) is 0 Å². The van der Waals surface area contributed by atoms with Gasteiger partial charge in [0, 0.05) is 30.5 Å². The molecule has 1 aromatic carbocycles. The van der Waals surface area contributed by atoms with Crippen molar-refractivity contribution in [2.24, 2.45) is 5.92 Å². The summed E-state index contributed by atoms with van der Waals surface area (Å²) in [5, 5.41) is 10.8. The van der Waals surface area contributed by atoms with Crippen molar-refractivity contribution in [3.63, 3.8) is 0 Å². The van der Waals surface area contributed by atoms with E-state index in [1.807, 2.05) is 32.0 Å². The van der Waals surface area contributed by atoms with Gasteiger partial charge in [0.2, 0.25) is 5.91 Å². The van der Waals surface area contributed by atoms with Crippen LogP contribution in [0.4, 0.5) is 5.69 Å². The molecule has 1 aliphatic heterocycles. The number of nitrogens with zero attached hydrogens (tertiary/aromatic N) is 1. The van der Waals surface area contributed by atoms with Crippen molar-refractivity contribution in [1.29, 1.82) is 0 Å². The number of carbonyl (C=O) groups excluding carboxylic acids is 2. The summed E-state index contributed by atoms with van der Waals surface area (Å²) in [5.41, 5.74) is 2.83. The summed E-state index contributed by atoms with van der Waals surface area (Å²) in [5.74, 6) is -1.98. The Kier molecular flexibility index (Phi) is 2.88. The maximum Gasteiger partial charge on any atom is 0.227 e. The third-order valence-corrected chi connectivity index (χ3v) is 3.11. The molecule has 0 aromatic heterocycles. The standard InChI is InChI=1S/C13H15NO3/c1-8-3-4-9(2)11(5-8)14-7-10(13(16)17)6-12(14)15/h3-5,10H,6-7H2,1-2H3,(H,16,17)/p-1/t10-/m0/s1. The Balaban J connectivity index is 2.32. The molecule has 4 nitrogen and oxygen atoms in total. The lowest BCUT2D eigenvalue weighted by atomic mass is 10.1. The highest BCUT2D eigenvalue weighted by Crippen LogP contribution is 2.28. The van der Waals surface area contributed by atoms with Gasteiger partial charge >= 0.3 is 0 Å². The lowest BCUT2D eigenvalue weighted by molar-refractivity contribution is -0.310. The van der Waals surface area contributed by atoms with E-state index in [1.165, 1.54) is 0 Å². The maximum atomic E-state index is 11.8. The van der Waals surface area contributed by atoms with Gasteiger partial charge in [0.15, 0.2) is 0 Å². The topological polar surface area (TPSA) is 60.4 Å². The highest BCUT2D eigenvalue weighted by atomic mass is 16.4. The fourth-order valence-corrected chi connectivity index (χ4v) is 2.11. The molecule has 90 valence electrons. The van der Waals surface area contributed by atoms with Gasteiger partial charge in [-0.15, -0.1) is 0 Å². The number of amides is 1. The van der Waals surface area contributed by atoms with Gasteiger partial charge in [-0.2, -0.15) is 0 Å². The van der Waals surface area contributed by atoms with E-state index in [0.717, 1.165) is 16.8 Å². The molecule has 0 saturated carbocycles. The number of rotatable bonds is 2. The third kappa shape index (κ3) is 2.16. The van der Waals surface area contributed by atoms with Crippen LogP contribution in [0.3, 0.4) is 0 Å². The first kappa shape index (κ1) is 11.6. The maximum absolute atomic E-state index is 11.8. The van der Waals surface area contributed by atoms with Crippen LogP contribution in [0.2, 0.25) is 0 Å². The molecule has 0 bridgehead atoms. The Hall–Kier alpha value is -1.84. The molecule has 0 unspecified atom stereocenters. The number of carboxylic acids is 1. The Morgan fingerprint density at radius 1 is 1.41 bits per heavy atom. The van der Waals surface area contributed by atoms with E-state index in [1.54, 1.807) is 4.90 Å². The van der Waals surface area contributed by atoms with Crippen LogP contribution in [0.1, 0.15) is 17.5 Å². The van der Waals surface area contributed by atoms with Crippen molar-refractivity contribution in [2.75, 3.05) is 11.4 Å². The number of anilines is 1. The van der Waals surface area contributed by atoms with Gasteiger partial charge in [-0.25, -0.2) is 0 Å². The van der Waals surface area contributed by atoms with Gasteiger partial charge in [0.1, 0.15) is 0 Å². The third-order valence-electron chi connectivity index (χ3n) is 3.11. The molecule has 1 amide bonds. The fourth-order valence-electron chi connectivity index (χ4n) is 2.11. The zero-order valence-corrected chi connectivity index (χ0v) is 9.90. The highest BCUT2D eigenvalue weighted by molar-refractivity contribution is 5.99. The number of aliphatic carboxylic acids is 1. The summed E-state index contributed by atoms with van der Waals surface area (Å²) in [6, 6.07) is 5.81. The molecule has 0 N–H and O–H groups in total. The quantitative estimate of drug-likeness (QED) is 0.741. The van der Waals surface area contributed by atoms with E-state index < -0.39 is 11.9 Å². The van der Waals surface area contributed by atoms with Gasteiger partial charge < -0.3 is 14.8 Å². The zero-order chi connectivity index (χ0) is 12.6. The first-order chi connectivity index (χ1) is 7.99. The minimum atomic E-state index is -1.15. The van der Waals surface area contributed by atoms with E-state index in [2.05, 4.69) is 0 Å². The molecule has 1 saturated heterocycles. The van der Waals surface area contributed by atoms with Crippen molar-refractivity contribution >= 4 is 17.6 Å². The molecule has 0 radical (unpaired) electrons. The summed E-state index contributed by atoms with van der Waals surface area (Å²) in [4.78, 5) is 24.1. The molecular formula is C13H14NO3-. The number of benzene rings is 1. The number of aryl methyl sites for hydroxylation is 2. The Morgan fingerprint density at radius 2 is 2.12 bits per heavy atom. The predicted octanol–water partition coefficient (Wildman–Crippen LogP) is 0.406. The van der Waals surface area contributed by atoms with Crippen LogP contribution in [-0.4, -0.2) is 18.4 Å². The second-order valence-corrected chi connectivity index (χ2v) is 4.51. The molecule has 1 aliphatic rings. The average Bonchev–Trinajstić information content (AvgIpc) is 2.64. The zero-order valence-electron chi connectivity index (χ0n) is 9.90. The normalized spacial score (nSPS) is 19.8. The van der Waals surface area contributed by atoms with Gasteiger partial charge in [-0.1, -0.05) is 12.1 Å². The van der Waals surface area contributed by atoms with Gasteiger partial charge in [0.05, 0.1) is 0 Å². The SMILES string of the molecule is Cc1ccc(C)c(N2C[C@@H](C(=O)[O-])CC2=O)c1. The molecule has 0 aliphatic carbocycles. The van der Waals surface area contributed by atoms with Crippen LogP contribution in [0.15, 0.2) is 18.2 Å². The molecule has 2 rings (SSSR count). The molecule has 1 fully saturated rings. The highest BCUT2D eigenvalue weighted by Gasteiger charge is 2.31. The fraction of sp³-hybridized carbons (Fsp3) is 0.385. The smallest absolute Gasteiger partial charge is 0.227 e. The van der Waals surface area contributed by atoms with Crippen LogP contribution in [0, 0.1) is 19.8 Å². The number of carboxylic acid groups (broad SMARTS) is 1. The van der Waals surface area contributed by atoms with E-state index in [0.29, 0.717) is 0 Å². The molecule has 1 aromatic rings. The molecule has 1 atom stereocenters. The summed E-state index contributed by atoms with van der Waals surface area (Å²) in [6.07, 6.45) is 0.0374.